The van der Waals surface area contributed by atoms with Gasteiger partial charge in [0.2, 0.25) is 5.91 Å². The van der Waals surface area contributed by atoms with Crippen LogP contribution in [-0.2, 0) is 9.53 Å². The molecule has 0 radical (unpaired) electrons. The number of hydrogen-bond donors (Lipinski definition) is 3. The Morgan fingerprint density at radius 1 is 0.903 bits per heavy atom. The van der Waals surface area contributed by atoms with Crippen molar-refractivity contribution < 1.29 is 27.9 Å². The van der Waals surface area contributed by atoms with E-state index in [0.717, 1.165) is 6.07 Å². The zero-order valence-corrected chi connectivity index (χ0v) is 17.6. The van der Waals surface area contributed by atoms with E-state index in [1.54, 1.807) is 26.8 Å². The molecule has 0 spiro atoms. The second-order valence-electron chi connectivity index (χ2n) is 7.64. The van der Waals surface area contributed by atoms with Gasteiger partial charge in [-0.15, -0.1) is 0 Å². The SMILES string of the molecule is CC(C)(C)OC(=O)NCC(=O)NCCNC(=O)c1cc(-c2ccccc2F)ccc1F. The maximum Gasteiger partial charge on any atom is 0.408 e. The summed E-state index contributed by atoms with van der Waals surface area (Å²) in [6, 6.07) is 9.74. The fraction of sp³-hybridized carbons (Fsp3) is 0.318. The van der Waals surface area contributed by atoms with Crippen molar-refractivity contribution in [2.75, 3.05) is 19.6 Å². The lowest BCUT2D eigenvalue weighted by molar-refractivity contribution is -0.120. The molecule has 0 fully saturated rings. The number of carbonyl (C=O) groups is 3. The molecule has 0 atom stereocenters. The molecule has 0 aromatic heterocycles. The Kier molecular flexibility index (Phi) is 8.07. The first-order chi connectivity index (χ1) is 14.6. The summed E-state index contributed by atoms with van der Waals surface area (Å²) >= 11 is 0. The molecule has 0 aliphatic rings. The van der Waals surface area contributed by atoms with Gasteiger partial charge in [-0.3, -0.25) is 9.59 Å². The molecule has 7 nitrogen and oxygen atoms in total. The summed E-state index contributed by atoms with van der Waals surface area (Å²) in [5.41, 5.74) is -0.296. The van der Waals surface area contributed by atoms with Crippen LogP contribution in [0.3, 0.4) is 0 Å². The Morgan fingerprint density at radius 2 is 1.58 bits per heavy atom. The average Bonchev–Trinajstić information content (AvgIpc) is 2.69. The predicted octanol–water partition coefficient (Wildman–Crippen LogP) is 3.00. The second-order valence-corrected chi connectivity index (χ2v) is 7.64. The van der Waals surface area contributed by atoms with Crippen LogP contribution >= 0.6 is 0 Å². The summed E-state index contributed by atoms with van der Waals surface area (Å²) in [6.45, 7) is 4.90. The van der Waals surface area contributed by atoms with Gasteiger partial charge in [-0.05, 0) is 44.5 Å². The average molecular weight is 433 g/mol. The standard InChI is InChI=1S/C22H25F2N3O4/c1-22(2,3)31-21(30)27-13-19(28)25-10-11-26-20(29)16-12-14(8-9-18(16)24)15-6-4-5-7-17(15)23/h4-9,12H,10-11,13H2,1-3H3,(H,25,28)(H,26,29)(H,27,30). The van der Waals surface area contributed by atoms with Gasteiger partial charge in [0.15, 0.2) is 0 Å². The van der Waals surface area contributed by atoms with Crippen LogP contribution in [0, 0.1) is 11.6 Å². The van der Waals surface area contributed by atoms with E-state index in [9.17, 15) is 23.2 Å². The number of carbonyl (C=O) groups excluding carboxylic acids is 3. The van der Waals surface area contributed by atoms with E-state index < -0.39 is 35.1 Å². The zero-order chi connectivity index (χ0) is 23.0. The molecule has 0 saturated heterocycles. The van der Waals surface area contributed by atoms with Crippen LogP contribution in [0.5, 0.6) is 0 Å². The van der Waals surface area contributed by atoms with Crippen LogP contribution in [0.2, 0.25) is 0 Å². The Bertz CT molecular complexity index is 958. The van der Waals surface area contributed by atoms with Gasteiger partial charge >= 0.3 is 6.09 Å². The van der Waals surface area contributed by atoms with Gasteiger partial charge in [0.1, 0.15) is 17.2 Å². The third-order valence-electron chi connectivity index (χ3n) is 3.92. The maximum absolute atomic E-state index is 14.1. The molecule has 0 aliphatic heterocycles. The molecule has 0 heterocycles. The molecule has 0 bridgehead atoms. The fourth-order valence-corrected chi connectivity index (χ4v) is 2.56. The highest BCUT2D eigenvalue weighted by Gasteiger charge is 2.17. The maximum atomic E-state index is 14.1. The van der Waals surface area contributed by atoms with Crippen LogP contribution in [0.1, 0.15) is 31.1 Å². The molecule has 9 heteroatoms. The molecule has 3 amide bonds. The number of halogens is 2. The molecule has 0 unspecified atom stereocenters. The first kappa shape index (κ1) is 23.8. The quantitative estimate of drug-likeness (QED) is 0.585. The highest BCUT2D eigenvalue weighted by Crippen LogP contribution is 2.24. The molecular formula is C22H25F2N3O4. The smallest absolute Gasteiger partial charge is 0.408 e. The third-order valence-corrected chi connectivity index (χ3v) is 3.92. The number of benzene rings is 2. The van der Waals surface area contributed by atoms with Crippen molar-refractivity contribution in [1.29, 1.82) is 0 Å². The van der Waals surface area contributed by atoms with E-state index in [-0.39, 0.29) is 30.8 Å². The van der Waals surface area contributed by atoms with Crippen molar-refractivity contribution in [2.45, 2.75) is 26.4 Å². The first-order valence-corrected chi connectivity index (χ1v) is 9.63. The van der Waals surface area contributed by atoms with Crippen molar-refractivity contribution >= 4 is 17.9 Å². The lowest BCUT2D eigenvalue weighted by atomic mass is 10.0. The topological polar surface area (TPSA) is 96.5 Å². The summed E-state index contributed by atoms with van der Waals surface area (Å²) < 4.78 is 33.1. The minimum atomic E-state index is -0.747. The second kappa shape index (κ2) is 10.5. The molecule has 3 N–H and O–H groups in total. The Hall–Kier alpha value is -3.49. The largest absolute Gasteiger partial charge is 0.444 e. The number of hydrogen-bond acceptors (Lipinski definition) is 4. The van der Waals surface area contributed by atoms with Crippen molar-refractivity contribution in [1.82, 2.24) is 16.0 Å². The summed E-state index contributed by atoms with van der Waals surface area (Å²) in [5.74, 6) is -2.41. The van der Waals surface area contributed by atoms with Crippen molar-refractivity contribution in [2.24, 2.45) is 0 Å². The Morgan fingerprint density at radius 3 is 2.26 bits per heavy atom. The number of nitrogens with one attached hydrogen (secondary N) is 3. The van der Waals surface area contributed by atoms with Crippen LogP contribution in [0.15, 0.2) is 42.5 Å². The van der Waals surface area contributed by atoms with E-state index in [1.165, 1.54) is 30.3 Å². The predicted molar refractivity (Wildman–Crippen MR) is 111 cm³/mol. The summed E-state index contributed by atoms with van der Waals surface area (Å²) in [4.78, 5) is 35.5. The van der Waals surface area contributed by atoms with Gasteiger partial charge in [-0.1, -0.05) is 24.3 Å². The third kappa shape index (κ3) is 7.69. The molecule has 166 valence electrons. The lowest BCUT2D eigenvalue weighted by Crippen LogP contribution is -2.42. The zero-order valence-electron chi connectivity index (χ0n) is 17.6. The van der Waals surface area contributed by atoms with Gasteiger partial charge in [-0.2, -0.15) is 0 Å². The fourth-order valence-electron chi connectivity index (χ4n) is 2.56. The Balaban J connectivity index is 1.83. The summed E-state index contributed by atoms with van der Waals surface area (Å²) in [7, 11) is 0. The van der Waals surface area contributed by atoms with Crippen LogP contribution in [-0.4, -0.2) is 43.1 Å². The monoisotopic (exact) mass is 433 g/mol. The van der Waals surface area contributed by atoms with Crippen LogP contribution in [0.25, 0.3) is 11.1 Å². The molecule has 0 saturated carbocycles. The van der Waals surface area contributed by atoms with Gasteiger partial charge in [-0.25, -0.2) is 13.6 Å². The lowest BCUT2D eigenvalue weighted by Gasteiger charge is -2.19. The Labute approximate surface area is 179 Å². The van der Waals surface area contributed by atoms with E-state index in [0.29, 0.717) is 5.56 Å². The molecule has 2 aromatic rings. The molecular weight excluding hydrogens is 408 g/mol. The number of rotatable bonds is 7. The number of ether oxygens (including phenoxy) is 1. The highest BCUT2D eigenvalue weighted by molar-refractivity contribution is 5.95. The molecule has 31 heavy (non-hydrogen) atoms. The molecule has 2 rings (SSSR count). The minimum absolute atomic E-state index is 0.0282. The van der Waals surface area contributed by atoms with Crippen molar-refractivity contribution in [3.63, 3.8) is 0 Å². The molecule has 2 aromatic carbocycles. The summed E-state index contributed by atoms with van der Waals surface area (Å²) in [5, 5.41) is 7.29. The summed E-state index contributed by atoms with van der Waals surface area (Å²) in [6.07, 6.45) is -0.721. The number of amides is 3. The molecule has 0 aliphatic carbocycles. The van der Waals surface area contributed by atoms with E-state index in [1.807, 2.05) is 0 Å². The van der Waals surface area contributed by atoms with E-state index in [4.69, 9.17) is 4.74 Å². The van der Waals surface area contributed by atoms with Crippen LogP contribution in [0.4, 0.5) is 13.6 Å². The van der Waals surface area contributed by atoms with Crippen molar-refractivity contribution in [3.05, 3.63) is 59.7 Å². The number of alkyl carbamates (subject to hydrolysis) is 1. The first-order valence-electron chi connectivity index (χ1n) is 9.63. The normalized spacial score (nSPS) is 10.9. The van der Waals surface area contributed by atoms with Gasteiger partial charge in [0, 0.05) is 18.7 Å². The van der Waals surface area contributed by atoms with E-state index in [2.05, 4.69) is 16.0 Å². The van der Waals surface area contributed by atoms with Gasteiger partial charge < -0.3 is 20.7 Å². The van der Waals surface area contributed by atoms with Crippen LogP contribution < -0.4 is 16.0 Å². The van der Waals surface area contributed by atoms with Gasteiger partial charge in [0.25, 0.3) is 5.91 Å². The highest BCUT2D eigenvalue weighted by atomic mass is 19.1. The van der Waals surface area contributed by atoms with E-state index >= 15 is 0 Å². The van der Waals surface area contributed by atoms with Gasteiger partial charge in [0.05, 0.1) is 12.1 Å². The van der Waals surface area contributed by atoms with Crippen molar-refractivity contribution in [3.8, 4) is 11.1 Å². The minimum Gasteiger partial charge on any atom is -0.444 e.